The molecule has 3 rings (SSSR count). The molecule has 6 heteroatoms. The smallest absolute Gasteiger partial charge is 0.335 e. The third-order valence-electron chi connectivity index (χ3n) is 2.86. The van der Waals surface area contributed by atoms with Crippen LogP contribution in [0.2, 0.25) is 0 Å². The zero-order valence-electron chi connectivity index (χ0n) is 9.98. The molecule has 1 aliphatic rings. The Balaban J connectivity index is 2.03. The fourth-order valence-electron chi connectivity index (χ4n) is 1.99. The number of fused-ring (bicyclic) bond motifs is 1. The Morgan fingerprint density at radius 3 is 2.84 bits per heavy atom. The molecule has 0 spiro atoms. The van der Waals surface area contributed by atoms with Crippen LogP contribution in [0.3, 0.4) is 0 Å². The van der Waals surface area contributed by atoms with Crippen LogP contribution in [-0.2, 0) is 0 Å². The fraction of sp³-hybridized carbons (Fsp3) is 0.154. The summed E-state index contributed by atoms with van der Waals surface area (Å²) in [7, 11) is 0. The SMILES string of the molecule is O=C(O)c1ccc2c(c1)OCCN2c1ncccn1. The van der Waals surface area contributed by atoms with E-state index in [1.165, 1.54) is 6.07 Å². The minimum absolute atomic E-state index is 0.203. The molecule has 0 aliphatic carbocycles. The highest BCUT2D eigenvalue weighted by Crippen LogP contribution is 2.35. The molecule has 1 aromatic carbocycles. The number of carboxylic acids is 1. The van der Waals surface area contributed by atoms with E-state index in [0.29, 0.717) is 24.8 Å². The van der Waals surface area contributed by atoms with Gasteiger partial charge in [0, 0.05) is 12.4 Å². The van der Waals surface area contributed by atoms with Crippen LogP contribution >= 0.6 is 0 Å². The summed E-state index contributed by atoms with van der Waals surface area (Å²) in [6, 6.07) is 6.53. The van der Waals surface area contributed by atoms with Gasteiger partial charge in [-0.05, 0) is 24.3 Å². The van der Waals surface area contributed by atoms with Crippen molar-refractivity contribution in [1.82, 2.24) is 9.97 Å². The first kappa shape index (κ1) is 11.5. The van der Waals surface area contributed by atoms with Crippen molar-refractivity contribution in [2.24, 2.45) is 0 Å². The molecule has 1 aromatic heterocycles. The zero-order chi connectivity index (χ0) is 13.2. The lowest BCUT2D eigenvalue weighted by Gasteiger charge is -2.29. The molecule has 0 unspecified atom stereocenters. The van der Waals surface area contributed by atoms with E-state index < -0.39 is 5.97 Å². The molecule has 2 heterocycles. The average molecular weight is 257 g/mol. The monoisotopic (exact) mass is 257 g/mol. The molecule has 96 valence electrons. The first-order valence-corrected chi connectivity index (χ1v) is 5.80. The van der Waals surface area contributed by atoms with Gasteiger partial charge in [0.15, 0.2) is 0 Å². The van der Waals surface area contributed by atoms with Crippen molar-refractivity contribution in [2.75, 3.05) is 18.1 Å². The highest BCUT2D eigenvalue weighted by Gasteiger charge is 2.22. The molecule has 2 aromatic rings. The number of benzene rings is 1. The summed E-state index contributed by atoms with van der Waals surface area (Å²) in [5.41, 5.74) is 0.983. The number of nitrogens with zero attached hydrogens (tertiary/aromatic N) is 3. The van der Waals surface area contributed by atoms with Gasteiger partial charge in [0.2, 0.25) is 5.95 Å². The largest absolute Gasteiger partial charge is 0.490 e. The van der Waals surface area contributed by atoms with E-state index in [0.717, 1.165) is 5.69 Å². The molecule has 0 atom stereocenters. The minimum atomic E-state index is -0.973. The molecular formula is C13H11N3O3. The van der Waals surface area contributed by atoms with E-state index in [1.54, 1.807) is 30.6 Å². The Bertz CT molecular complexity index is 616. The lowest BCUT2D eigenvalue weighted by Crippen LogP contribution is -2.30. The van der Waals surface area contributed by atoms with Crippen LogP contribution in [-0.4, -0.2) is 34.2 Å². The maximum absolute atomic E-state index is 10.9. The third kappa shape index (κ3) is 2.08. The third-order valence-corrected chi connectivity index (χ3v) is 2.86. The van der Waals surface area contributed by atoms with E-state index in [4.69, 9.17) is 9.84 Å². The van der Waals surface area contributed by atoms with Crippen LogP contribution < -0.4 is 9.64 Å². The summed E-state index contributed by atoms with van der Waals surface area (Å²) in [6.07, 6.45) is 3.34. The van der Waals surface area contributed by atoms with Crippen molar-refractivity contribution in [3.05, 3.63) is 42.2 Å². The van der Waals surface area contributed by atoms with E-state index >= 15 is 0 Å². The molecule has 0 amide bonds. The van der Waals surface area contributed by atoms with Crippen molar-refractivity contribution < 1.29 is 14.6 Å². The van der Waals surface area contributed by atoms with Crippen LogP contribution in [0.5, 0.6) is 5.75 Å². The van der Waals surface area contributed by atoms with Crippen LogP contribution in [0.25, 0.3) is 0 Å². The van der Waals surface area contributed by atoms with Gasteiger partial charge in [-0.15, -0.1) is 0 Å². The van der Waals surface area contributed by atoms with Crippen molar-refractivity contribution in [3.8, 4) is 5.75 Å². The molecule has 0 fully saturated rings. The predicted octanol–water partition coefficient (Wildman–Crippen LogP) is 1.71. The van der Waals surface area contributed by atoms with Gasteiger partial charge in [0.05, 0.1) is 17.8 Å². The molecular weight excluding hydrogens is 246 g/mol. The minimum Gasteiger partial charge on any atom is -0.490 e. The van der Waals surface area contributed by atoms with Gasteiger partial charge in [0.25, 0.3) is 0 Å². The Morgan fingerprint density at radius 2 is 2.11 bits per heavy atom. The fourth-order valence-corrected chi connectivity index (χ4v) is 1.99. The number of hydrogen-bond acceptors (Lipinski definition) is 5. The van der Waals surface area contributed by atoms with Crippen LogP contribution in [0.4, 0.5) is 11.6 Å². The number of rotatable bonds is 2. The van der Waals surface area contributed by atoms with Gasteiger partial charge >= 0.3 is 5.97 Å². The van der Waals surface area contributed by atoms with Gasteiger partial charge in [-0.3, -0.25) is 0 Å². The predicted molar refractivity (Wildman–Crippen MR) is 67.9 cm³/mol. The molecule has 19 heavy (non-hydrogen) atoms. The number of aromatic nitrogens is 2. The van der Waals surface area contributed by atoms with Crippen molar-refractivity contribution >= 4 is 17.6 Å². The Kier molecular flexibility index (Phi) is 2.75. The summed E-state index contributed by atoms with van der Waals surface area (Å²) in [5.74, 6) is 0.146. The summed E-state index contributed by atoms with van der Waals surface area (Å²) in [4.78, 5) is 21.3. The van der Waals surface area contributed by atoms with Gasteiger partial charge in [-0.25, -0.2) is 14.8 Å². The number of anilines is 2. The summed E-state index contributed by atoms with van der Waals surface area (Å²) < 4.78 is 5.51. The Hall–Kier alpha value is -2.63. The maximum atomic E-state index is 10.9. The van der Waals surface area contributed by atoms with Crippen LogP contribution in [0, 0.1) is 0 Å². The van der Waals surface area contributed by atoms with E-state index in [9.17, 15) is 4.79 Å². The number of carbonyl (C=O) groups is 1. The van der Waals surface area contributed by atoms with Crippen LogP contribution in [0.1, 0.15) is 10.4 Å². The summed E-state index contributed by atoms with van der Waals surface area (Å²) in [5, 5.41) is 8.98. The lowest BCUT2D eigenvalue weighted by atomic mass is 10.1. The topological polar surface area (TPSA) is 75.6 Å². The zero-order valence-corrected chi connectivity index (χ0v) is 9.98. The number of aromatic carboxylic acids is 1. The van der Waals surface area contributed by atoms with Gasteiger partial charge in [-0.2, -0.15) is 0 Å². The Morgan fingerprint density at radius 1 is 1.32 bits per heavy atom. The molecule has 1 N–H and O–H groups in total. The molecule has 1 aliphatic heterocycles. The van der Waals surface area contributed by atoms with Gasteiger partial charge < -0.3 is 14.7 Å². The van der Waals surface area contributed by atoms with Gasteiger partial charge in [0.1, 0.15) is 12.4 Å². The maximum Gasteiger partial charge on any atom is 0.335 e. The molecule has 0 saturated carbocycles. The van der Waals surface area contributed by atoms with E-state index in [1.807, 2.05) is 4.90 Å². The van der Waals surface area contributed by atoms with Crippen molar-refractivity contribution in [1.29, 1.82) is 0 Å². The lowest BCUT2D eigenvalue weighted by molar-refractivity contribution is 0.0696. The van der Waals surface area contributed by atoms with E-state index in [2.05, 4.69) is 9.97 Å². The number of ether oxygens (including phenoxy) is 1. The second kappa shape index (κ2) is 4.56. The van der Waals surface area contributed by atoms with Crippen molar-refractivity contribution in [2.45, 2.75) is 0 Å². The first-order chi connectivity index (χ1) is 9.25. The van der Waals surface area contributed by atoms with Crippen molar-refractivity contribution in [3.63, 3.8) is 0 Å². The highest BCUT2D eigenvalue weighted by atomic mass is 16.5. The molecule has 0 radical (unpaired) electrons. The highest BCUT2D eigenvalue weighted by molar-refractivity contribution is 5.89. The van der Waals surface area contributed by atoms with E-state index in [-0.39, 0.29) is 5.56 Å². The Labute approximate surface area is 109 Å². The first-order valence-electron chi connectivity index (χ1n) is 5.80. The number of hydrogen-bond donors (Lipinski definition) is 1. The average Bonchev–Trinajstić information content (AvgIpc) is 2.47. The summed E-state index contributed by atoms with van der Waals surface area (Å²) in [6.45, 7) is 1.09. The molecule has 0 saturated heterocycles. The second-order valence-corrected chi connectivity index (χ2v) is 4.04. The summed E-state index contributed by atoms with van der Waals surface area (Å²) >= 11 is 0. The molecule has 0 bridgehead atoms. The van der Waals surface area contributed by atoms with Gasteiger partial charge in [-0.1, -0.05) is 0 Å². The molecule has 6 nitrogen and oxygen atoms in total. The normalized spacial score (nSPS) is 13.6. The number of carboxylic acid groups (broad SMARTS) is 1. The second-order valence-electron chi connectivity index (χ2n) is 4.04. The van der Waals surface area contributed by atoms with Crippen LogP contribution in [0.15, 0.2) is 36.7 Å². The quantitative estimate of drug-likeness (QED) is 0.882. The standard InChI is InChI=1S/C13H11N3O3/c17-12(18)9-2-3-10-11(8-9)19-7-6-16(10)13-14-4-1-5-15-13/h1-5,8H,6-7H2,(H,17,18).